The van der Waals surface area contributed by atoms with Gasteiger partial charge in [-0.1, -0.05) is 51.2 Å². The quantitative estimate of drug-likeness (QED) is 0.678. The molecule has 0 spiro atoms. The number of halogens is 1. The van der Waals surface area contributed by atoms with Crippen molar-refractivity contribution < 1.29 is 4.68 Å². The molecular weight excluding hydrogens is 280 g/mol. The zero-order valence-electron chi connectivity index (χ0n) is 9.18. The number of benzene rings is 1. The molecule has 0 bridgehead atoms. The van der Waals surface area contributed by atoms with Gasteiger partial charge in [-0.05, 0) is 0 Å². The van der Waals surface area contributed by atoms with Gasteiger partial charge in [0.2, 0.25) is 0 Å². The first-order chi connectivity index (χ1) is 8.38. The van der Waals surface area contributed by atoms with Gasteiger partial charge in [0.25, 0.3) is 0 Å². The van der Waals surface area contributed by atoms with Crippen molar-refractivity contribution in [3.05, 3.63) is 36.5 Å². The van der Waals surface area contributed by atoms with Gasteiger partial charge in [0.1, 0.15) is 18.8 Å². The molecule has 1 atom stereocenters. The number of fused-ring (bicyclic) bond motifs is 1. The van der Waals surface area contributed by atoms with Gasteiger partial charge in [-0.2, -0.15) is 0 Å². The van der Waals surface area contributed by atoms with Crippen LogP contribution >= 0.6 is 15.9 Å². The second-order valence-electron chi connectivity index (χ2n) is 3.96. The fraction of sp³-hybridized carbons (Fsp3) is 0.250. The van der Waals surface area contributed by atoms with E-state index >= 15 is 0 Å². The van der Waals surface area contributed by atoms with Crippen LogP contribution in [0.2, 0.25) is 0 Å². The summed E-state index contributed by atoms with van der Waals surface area (Å²) in [5.74, 6) is 0.843. The lowest BCUT2D eigenvalue weighted by atomic mass is 10.2. The Labute approximate surface area is 108 Å². The molecular formula is C12H12BrN4+. The van der Waals surface area contributed by atoms with Crippen molar-refractivity contribution in [3.8, 4) is 11.3 Å². The summed E-state index contributed by atoms with van der Waals surface area (Å²) >= 11 is 3.48. The number of hydrogen-bond donors (Lipinski definition) is 1. The topological polar surface area (TPSA) is 41.7 Å². The van der Waals surface area contributed by atoms with Gasteiger partial charge in [0.15, 0.2) is 5.69 Å². The summed E-state index contributed by atoms with van der Waals surface area (Å²) in [6.45, 7) is 0.878. The molecule has 1 aliphatic rings. The molecule has 86 valence electrons. The molecule has 2 aromatic rings. The summed E-state index contributed by atoms with van der Waals surface area (Å²) < 4.78 is 1.93. The van der Waals surface area contributed by atoms with E-state index in [-0.39, 0.29) is 0 Å². The highest BCUT2D eigenvalue weighted by Crippen LogP contribution is 2.18. The summed E-state index contributed by atoms with van der Waals surface area (Å²) in [4.78, 5) is 4.59. The van der Waals surface area contributed by atoms with E-state index in [1.165, 1.54) is 0 Å². The van der Waals surface area contributed by atoms with Gasteiger partial charge in [0, 0.05) is 10.9 Å². The molecule has 1 unspecified atom stereocenters. The number of nitrogens with zero attached hydrogens (tertiary/aromatic N) is 3. The molecule has 0 fully saturated rings. The van der Waals surface area contributed by atoms with Crippen LogP contribution in [0.3, 0.4) is 0 Å². The monoisotopic (exact) mass is 291 g/mol. The highest BCUT2D eigenvalue weighted by Gasteiger charge is 2.30. The first-order valence-corrected chi connectivity index (χ1v) is 6.65. The third kappa shape index (κ3) is 1.91. The highest BCUT2D eigenvalue weighted by molar-refractivity contribution is 9.09. The maximum atomic E-state index is 4.59. The van der Waals surface area contributed by atoms with Crippen LogP contribution in [0.5, 0.6) is 0 Å². The van der Waals surface area contributed by atoms with E-state index < -0.39 is 0 Å². The molecule has 0 amide bonds. The van der Waals surface area contributed by atoms with E-state index in [9.17, 15) is 0 Å². The molecule has 0 radical (unpaired) electrons. The number of aromatic nitrogens is 3. The molecule has 17 heavy (non-hydrogen) atoms. The third-order valence-electron chi connectivity index (χ3n) is 2.84. The van der Waals surface area contributed by atoms with Crippen LogP contribution in [0.25, 0.3) is 11.3 Å². The Kier molecular flexibility index (Phi) is 2.76. The minimum atomic E-state index is 0.349. The molecule has 1 aromatic heterocycles. The van der Waals surface area contributed by atoms with Gasteiger partial charge in [-0.15, -0.1) is 9.78 Å². The maximum Gasteiger partial charge on any atom is 0.412 e. The predicted octanol–water partition coefficient (Wildman–Crippen LogP) is 1.79. The first-order valence-electron chi connectivity index (χ1n) is 5.52. The van der Waals surface area contributed by atoms with Crippen molar-refractivity contribution in [2.75, 3.05) is 17.2 Å². The lowest BCUT2D eigenvalue weighted by Gasteiger charge is -2.01. The van der Waals surface area contributed by atoms with E-state index in [0.29, 0.717) is 6.04 Å². The Hall–Kier alpha value is -1.49. The molecule has 5 heteroatoms. The summed E-state index contributed by atoms with van der Waals surface area (Å²) in [6.07, 6.45) is 1.82. The Balaban J connectivity index is 2.01. The Morgan fingerprint density at radius 2 is 2.18 bits per heavy atom. The number of rotatable bonds is 2. The fourth-order valence-electron chi connectivity index (χ4n) is 1.92. The number of hydrogen-bond acceptors (Lipinski definition) is 3. The van der Waals surface area contributed by atoms with E-state index in [0.717, 1.165) is 29.1 Å². The lowest BCUT2D eigenvalue weighted by Crippen LogP contribution is -2.42. The number of nitrogens with one attached hydrogen (secondary N) is 1. The van der Waals surface area contributed by atoms with Gasteiger partial charge in [0.05, 0.1) is 0 Å². The predicted molar refractivity (Wildman–Crippen MR) is 69.0 cm³/mol. The summed E-state index contributed by atoms with van der Waals surface area (Å²) in [5.41, 5.74) is 1.99. The van der Waals surface area contributed by atoms with Crippen molar-refractivity contribution in [2.45, 2.75) is 6.04 Å². The van der Waals surface area contributed by atoms with Crippen LogP contribution in [0.1, 0.15) is 6.04 Å². The van der Waals surface area contributed by atoms with Crippen LogP contribution in [-0.4, -0.2) is 22.0 Å². The van der Waals surface area contributed by atoms with Gasteiger partial charge < -0.3 is 0 Å². The number of alkyl halides is 1. The Bertz CT molecular complexity index is 529. The zero-order valence-corrected chi connectivity index (χ0v) is 10.8. The van der Waals surface area contributed by atoms with Crippen molar-refractivity contribution >= 4 is 21.9 Å². The van der Waals surface area contributed by atoms with E-state index in [2.05, 4.69) is 31.3 Å². The normalized spacial score (nSPS) is 17.6. The fourth-order valence-corrected chi connectivity index (χ4v) is 2.42. The van der Waals surface area contributed by atoms with E-state index in [1.54, 1.807) is 0 Å². The summed E-state index contributed by atoms with van der Waals surface area (Å²) in [6, 6.07) is 10.4. The average Bonchev–Trinajstić information content (AvgIpc) is 2.81. The summed E-state index contributed by atoms with van der Waals surface area (Å²) in [5, 5.41) is 8.61. The number of anilines is 1. The van der Waals surface area contributed by atoms with Crippen LogP contribution in [0.15, 0.2) is 36.5 Å². The Morgan fingerprint density at radius 3 is 2.94 bits per heavy atom. The van der Waals surface area contributed by atoms with Gasteiger partial charge in [-0.25, -0.2) is 0 Å². The van der Waals surface area contributed by atoms with Gasteiger partial charge >= 0.3 is 5.95 Å². The molecule has 4 nitrogen and oxygen atoms in total. The van der Waals surface area contributed by atoms with E-state index in [4.69, 9.17) is 0 Å². The van der Waals surface area contributed by atoms with Crippen molar-refractivity contribution in [1.82, 2.24) is 10.1 Å². The maximum absolute atomic E-state index is 4.59. The molecule has 3 rings (SSSR count). The van der Waals surface area contributed by atoms with Crippen molar-refractivity contribution in [2.24, 2.45) is 0 Å². The zero-order chi connectivity index (χ0) is 11.7. The van der Waals surface area contributed by atoms with Gasteiger partial charge in [-0.3, -0.25) is 5.32 Å². The SMILES string of the molecule is BrCC1CNc2nc(-c3ccccc3)cn[n+]21. The summed E-state index contributed by atoms with van der Waals surface area (Å²) in [7, 11) is 0. The third-order valence-corrected chi connectivity index (χ3v) is 3.58. The highest BCUT2D eigenvalue weighted by atomic mass is 79.9. The standard InChI is InChI=1S/C12H11BrN4/c13-6-10-7-14-12-16-11(8-15-17(10)12)9-4-2-1-3-5-9/h1-5,8,10H,6-7H2/p+1. The van der Waals surface area contributed by atoms with E-state index in [1.807, 2.05) is 41.2 Å². The van der Waals surface area contributed by atoms with Crippen LogP contribution < -0.4 is 10.00 Å². The van der Waals surface area contributed by atoms with Crippen molar-refractivity contribution in [3.63, 3.8) is 0 Å². The largest absolute Gasteiger partial charge is 0.412 e. The first kappa shape index (κ1) is 10.7. The van der Waals surface area contributed by atoms with Crippen LogP contribution in [0.4, 0.5) is 5.95 Å². The molecule has 2 heterocycles. The molecule has 0 aliphatic carbocycles. The molecule has 0 saturated heterocycles. The molecule has 0 saturated carbocycles. The minimum absolute atomic E-state index is 0.349. The molecule has 1 aliphatic heterocycles. The smallest absolute Gasteiger partial charge is 0.269 e. The van der Waals surface area contributed by atoms with Crippen LogP contribution in [0, 0.1) is 0 Å². The van der Waals surface area contributed by atoms with Crippen LogP contribution in [-0.2, 0) is 0 Å². The van der Waals surface area contributed by atoms with Crippen molar-refractivity contribution in [1.29, 1.82) is 0 Å². The average molecular weight is 292 g/mol. The second kappa shape index (κ2) is 4.41. The minimum Gasteiger partial charge on any atom is -0.269 e. The molecule has 1 aromatic carbocycles. The molecule has 1 N–H and O–H groups in total. The lowest BCUT2D eigenvalue weighted by molar-refractivity contribution is -0.750. The Morgan fingerprint density at radius 1 is 1.35 bits per heavy atom. The second-order valence-corrected chi connectivity index (χ2v) is 4.61.